The molecule has 4 nitrogen and oxygen atoms in total. The van der Waals surface area contributed by atoms with Gasteiger partial charge in [0.05, 0.1) is 5.69 Å². The molecule has 0 saturated carbocycles. The van der Waals surface area contributed by atoms with Crippen molar-refractivity contribution in [3.8, 4) is 0 Å². The molecule has 4 heteroatoms. The summed E-state index contributed by atoms with van der Waals surface area (Å²) in [5, 5.41) is 13.1. The first kappa shape index (κ1) is 13.8. The van der Waals surface area contributed by atoms with Crippen molar-refractivity contribution in [1.82, 2.24) is 10.1 Å². The fourth-order valence-corrected chi connectivity index (χ4v) is 2.08. The maximum Gasteiger partial charge on any atom is 0.124 e. The molecule has 102 valence electrons. The van der Waals surface area contributed by atoms with Gasteiger partial charge < -0.3 is 9.63 Å². The third-order valence-corrected chi connectivity index (χ3v) is 3.26. The van der Waals surface area contributed by atoms with Gasteiger partial charge >= 0.3 is 0 Å². The van der Waals surface area contributed by atoms with Crippen molar-refractivity contribution in [1.29, 1.82) is 0 Å². The van der Waals surface area contributed by atoms with E-state index in [0.29, 0.717) is 6.04 Å². The molecule has 1 N–H and O–H groups in total. The van der Waals surface area contributed by atoms with Gasteiger partial charge in [0.2, 0.25) is 0 Å². The van der Waals surface area contributed by atoms with Crippen molar-refractivity contribution >= 4 is 0 Å². The molecule has 19 heavy (non-hydrogen) atoms. The zero-order valence-electron chi connectivity index (χ0n) is 11.2. The van der Waals surface area contributed by atoms with Gasteiger partial charge in [0.25, 0.3) is 0 Å². The van der Waals surface area contributed by atoms with Gasteiger partial charge in [-0.2, -0.15) is 0 Å². The number of rotatable bonds is 7. The summed E-state index contributed by atoms with van der Waals surface area (Å²) >= 11 is 0. The van der Waals surface area contributed by atoms with Crippen molar-refractivity contribution < 1.29 is 9.63 Å². The van der Waals surface area contributed by atoms with Gasteiger partial charge in [0.1, 0.15) is 6.26 Å². The summed E-state index contributed by atoms with van der Waals surface area (Å²) in [5.74, 6) is 0. The highest BCUT2D eigenvalue weighted by Crippen LogP contribution is 2.14. The Morgan fingerprint density at radius 1 is 1.21 bits per heavy atom. The quantitative estimate of drug-likeness (QED) is 0.830. The summed E-state index contributed by atoms with van der Waals surface area (Å²) in [6.07, 6.45) is 2.34. The molecule has 1 aromatic heterocycles. The van der Waals surface area contributed by atoms with Crippen LogP contribution in [0, 0.1) is 0 Å². The molecule has 2 rings (SSSR count). The highest BCUT2D eigenvalue weighted by Gasteiger charge is 2.15. The van der Waals surface area contributed by atoms with Crippen molar-refractivity contribution in [2.45, 2.75) is 32.5 Å². The average Bonchev–Trinajstić information content (AvgIpc) is 2.92. The molecule has 0 saturated heterocycles. The summed E-state index contributed by atoms with van der Waals surface area (Å²) in [4.78, 5) is 2.30. The third-order valence-electron chi connectivity index (χ3n) is 3.26. The van der Waals surface area contributed by atoms with Gasteiger partial charge in [-0.1, -0.05) is 35.5 Å². The lowest BCUT2D eigenvalue weighted by molar-refractivity contribution is 0.150. The average molecular weight is 260 g/mol. The minimum atomic E-state index is 0.200. The molecule has 0 bridgehead atoms. The van der Waals surface area contributed by atoms with Crippen molar-refractivity contribution in [3.63, 3.8) is 0 Å². The number of hydrogen-bond donors (Lipinski definition) is 1. The topological polar surface area (TPSA) is 49.5 Å². The van der Waals surface area contributed by atoms with E-state index in [0.717, 1.165) is 25.2 Å². The van der Waals surface area contributed by atoms with E-state index in [4.69, 9.17) is 9.63 Å². The Morgan fingerprint density at radius 2 is 2.00 bits per heavy atom. The summed E-state index contributed by atoms with van der Waals surface area (Å²) in [6.45, 7) is 3.89. The number of aliphatic hydroxyl groups excluding tert-OH is 1. The van der Waals surface area contributed by atoms with Crippen LogP contribution in [0.5, 0.6) is 0 Å². The molecule has 0 radical (unpaired) electrons. The third kappa shape index (κ3) is 4.19. The molecule has 0 amide bonds. The van der Waals surface area contributed by atoms with Gasteiger partial charge in [0, 0.05) is 31.8 Å². The minimum Gasteiger partial charge on any atom is -0.396 e. The van der Waals surface area contributed by atoms with Gasteiger partial charge in [0.15, 0.2) is 0 Å². The maximum atomic E-state index is 9.12. The predicted octanol–water partition coefficient (Wildman–Crippen LogP) is 2.45. The summed E-state index contributed by atoms with van der Waals surface area (Å²) in [7, 11) is 0. The van der Waals surface area contributed by atoms with Gasteiger partial charge in [-0.25, -0.2) is 0 Å². The standard InChI is InChI=1S/C15H20N2O2/c1-13(7-9-18)17(12-15-8-10-19-16-15)11-14-5-3-2-4-6-14/h2-6,8,10,13,18H,7,9,11-12H2,1H3. The maximum absolute atomic E-state index is 9.12. The largest absolute Gasteiger partial charge is 0.396 e. The van der Waals surface area contributed by atoms with Crippen LogP contribution in [-0.4, -0.2) is 27.8 Å². The fourth-order valence-electron chi connectivity index (χ4n) is 2.08. The molecule has 1 heterocycles. The van der Waals surface area contributed by atoms with Crippen molar-refractivity contribution in [2.24, 2.45) is 0 Å². The molecule has 2 aromatic rings. The SMILES string of the molecule is CC(CCO)N(Cc1ccccc1)Cc1ccon1. The minimum absolute atomic E-state index is 0.200. The Morgan fingerprint density at radius 3 is 2.63 bits per heavy atom. The van der Waals surface area contributed by atoms with Crippen LogP contribution in [0.3, 0.4) is 0 Å². The van der Waals surface area contributed by atoms with Crippen LogP contribution in [0.2, 0.25) is 0 Å². The van der Waals surface area contributed by atoms with Crippen LogP contribution in [0.4, 0.5) is 0 Å². The lowest BCUT2D eigenvalue weighted by Gasteiger charge is -2.28. The lowest BCUT2D eigenvalue weighted by Crippen LogP contribution is -2.33. The van der Waals surface area contributed by atoms with E-state index in [1.807, 2.05) is 24.3 Å². The second-order valence-corrected chi connectivity index (χ2v) is 4.74. The Kier molecular flexibility index (Phi) is 5.12. The predicted molar refractivity (Wildman–Crippen MR) is 73.4 cm³/mol. The zero-order chi connectivity index (χ0) is 13.5. The van der Waals surface area contributed by atoms with Crippen LogP contribution >= 0.6 is 0 Å². The van der Waals surface area contributed by atoms with E-state index in [-0.39, 0.29) is 6.61 Å². The second kappa shape index (κ2) is 7.07. The number of aromatic nitrogens is 1. The van der Waals surface area contributed by atoms with E-state index in [1.165, 1.54) is 5.56 Å². The molecular formula is C15H20N2O2. The molecule has 0 aliphatic heterocycles. The van der Waals surface area contributed by atoms with Crippen LogP contribution in [0.15, 0.2) is 47.2 Å². The van der Waals surface area contributed by atoms with E-state index in [9.17, 15) is 0 Å². The molecule has 0 fully saturated rings. The van der Waals surface area contributed by atoms with Crippen molar-refractivity contribution in [3.05, 3.63) is 53.9 Å². The smallest absolute Gasteiger partial charge is 0.124 e. The van der Waals surface area contributed by atoms with Gasteiger partial charge in [-0.3, -0.25) is 4.90 Å². The lowest BCUT2D eigenvalue weighted by atomic mass is 10.1. The molecule has 1 unspecified atom stereocenters. The molecule has 0 aliphatic rings. The summed E-state index contributed by atoms with van der Waals surface area (Å²) in [6, 6.07) is 12.5. The molecule has 1 atom stereocenters. The normalized spacial score (nSPS) is 12.8. The Bertz CT molecular complexity index is 456. The van der Waals surface area contributed by atoms with Gasteiger partial charge in [-0.05, 0) is 18.9 Å². The van der Waals surface area contributed by atoms with Crippen LogP contribution in [0.1, 0.15) is 24.6 Å². The van der Waals surface area contributed by atoms with Crippen LogP contribution in [-0.2, 0) is 13.1 Å². The van der Waals surface area contributed by atoms with Crippen molar-refractivity contribution in [2.75, 3.05) is 6.61 Å². The Labute approximate surface area is 113 Å². The van der Waals surface area contributed by atoms with E-state index in [1.54, 1.807) is 6.26 Å². The number of hydrogen-bond acceptors (Lipinski definition) is 4. The number of nitrogens with zero attached hydrogens (tertiary/aromatic N) is 2. The molecular weight excluding hydrogens is 240 g/mol. The summed E-state index contributed by atoms with van der Waals surface area (Å²) in [5.41, 5.74) is 2.18. The molecule has 1 aromatic carbocycles. The summed E-state index contributed by atoms with van der Waals surface area (Å²) < 4.78 is 4.88. The second-order valence-electron chi connectivity index (χ2n) is 4.74. The first-order chi connectivity index (χ1) is 9.29. The fraction of sp³-hybridized carbons (Fsp3) is 0.400. The number of benzene rings is 1. The zero-order valence-corrected chi connectivity index (χ0v) is 11.2. The van der Waals surface area contributed by atoms with Crippen LogP contribution < -0.4 is 0 Å². The number of aliphatic hydroxyl groups is 1. The first-order valence-corrected chi connectivity index (χ1v) is 6.57. The highest BCUT2D eigenvalue weighted by atomic mass is 16.5. The van der Waals surface area contributed by atoms with E-state index in [2.05, 4.69) is 29.1 Å². The highest BCUT2D eigenvalue weighted by molar-refractivity contribution is 5.14. The monoisotopic (exact) mass is 260 g/mol. The molecule has 0 spiro atoms. The first-order valence-electron chi connectivity index (χ1n) is 6.57. The van der Waals surface area contributed by atoms with Crippen LogP contribution in [0.25, 0.3) is 0 Å². The van der Waals surface area contributed by atoms with E-state index < -0.39 is 0 Å². The van der Waals surface area contributed by atoms with Gasteiger partial charge in [-0.15, -0.1) is 0 Å². The molecule has 0 aliphatic carbocycles. The Balaban J connectivity index is 2.05. The van der Waals surface area contributed by atoms with E-state index >= 15 is 0 Å². The Hall–Kier alpha value is -1.65.